The molecule has 0 spiro atoms. The van der Waals surface area contributed by atoms with Crippen LogP contribution < -0.4 is 0 Å². The summed E-state index contributed by atoms with van der Waals surface area (Å²) in [5.41, 5.74) is 2.86. The molecule has 6 nitrogen and oxygen atoms in total. The predicted octanol–water partition coefficient (Wildman–Crippen LogP) is 3.19. The fraction of sp³-hybridized carbons (Fsp3) is 0.318. The van der Waals surface area contributed by atoms with Crippen molar-refractivity contribution in [1.29, 1.82) is 0 Å². The highest BCUT2D eigenvalue weighted by atomic mass is 19.1. The third kappa shape index (κ3) is 4.35. The summed E-state index contributed by atoms with van der Waals surface area (Å²) in [5.74, 6) is -0.474. The molecule has 2 aromatic carbocycles. The van der Waals surface area contributed by atoms with Crippen LogP contribution in [0.25, 0.3) is 5.69 Å². The lowest BCUT2D eigenvalue weighted by Crippen LogP contribution is -2.42. The third-order valence-electron chi connectivity index (χ3n) is 5.21. The Morgan fingerprint density at radius 3 is 2.83 bits per heavy atom. The normalized spacial score (nSPS) is 16.1. The van der Waals surface area contributed by atoms with Gasteiger partial charge in [-0.1, -0.05) is 35.5 Å². The minimum Gasteiger partial charge on any atom is -0.379 e. The first-order valence-electron chi connectivity index (χ1n) is 9.73. The molecule has 0 radical (unpaired) electrons. The summed E-state index contributed by atoms with van der Waals surface area (Å²) in [4.78, 5) is 15.1. The lowest BCUT2D eigenvalue weighted by Gasteiger charge is -2.27. The first kappa shape index (κ1) is 19.3. The summed E-state index contributed by atoms with van der Waals surface area (Å²) in [6.07, 6.45) is 3.17. The fourth-order valence-electron chi connectivity index (χ4n) is 3.61. The molecule has 1 atom stereocenters. The minimum atomic E-state index is -0.309. The third-order valence-corrected chi connectivity index (χ3v) is 5.21. The second-order valence-electron chi connectivity index (χ2n) is 7.23. The summed E-state index contributed by atoms with van der Waals surface area (Å²) < 4.78 is 20.4. The molecule has 1 fully saturated rings. The van der Waals surface area contributed by atoms with E-state index in [0.29, 0.717) is 25.4 Å². The van der Waals surface area contributed by atoms with Gasteiger partial charge in [-0.3, -0.25) is 4.79 Å². The molecular weight excluding hydrogens is 371 g/mol. The van der Waals surface area contributed by atoms with Crippen molar-refractivity contribution in [2.75, 3.05) is 19.8 Å². The van der Waals surface area contributed by atoms with Gasteiger partial charge in [-0.2, -0.15) is 0 Å². The number of hydrogen-bond donors (Lipinski definition) is 0. The molecule has 1 saturated heterocycles. The van der Waals surface area contributed by atoms with Gasteiger partial charge in [0.25, 0.3) is 5.91 Å². The molecule has 150 valence electrons. The van der Waals surface area contributed by atoms with Crippen LogP contribution in [0, 0.1) is 12.7 Å². The van der Waals surface area contributed by atoms with Gasteiger partial charge >= 0.3 is 0 Å². The van der Waals surface area contributed by atoms with Crippen LogP contribution in [0.5, 0.6) is 0 Å². The molecule has 1 amide bonds. The number of ether oxygens (including phenoxy) is 1. The molecule has 1 aliphatic heterocycles. The van der Waals surface area contributed by atoms with Gasteiger partial charge in [0, 0.05) is 13.2 Å². The van der Waals surface area contributed by atoms with Crippen molar-refractivity contribution in [3.05, 3.63) is 77.4 Å². The number of aromatic nitrogens is 3. The second kappa shape index (κ2) is 8.53. The van der Waals surface area contributed by atoms with E-state index in [2.05, 4.69) is 22.4 Å². The van der Waals surface area contributed by atoms with Crippen molar-refractivity contribution in [2.24, 2.45) is 0 Å². The van der Waals surface area contributed by atoms with Crippen molar-refractivity contribution in [3.63, 3.8) is 0 Å². The summed E-state index contributed by atoms with van der Waals surface area (Å²) in [5, 5.41) is 8.18. The van der Waals surface area contributed by atoms with Crippen LogP contribution in [0.1, 0.15) is 28.0 Å². The van der Waals surface area contributed by atoms with E-state index in [1.54, 1.807) is 19.2 Å². The molecule has 29 heavy (non-hydrogen) atoms. The average Bonchev–Trinajstić information content (AvgIpc) is 3.41. The van der Waals surface area contributed by atoms with Gasteiger partial charge in [-0.25, -0.2) is 9.07 Å². The van der Waals surface area contributed by atoms with Crippen molar-refractivity contribution >= 4 is 5.91 Å². The molecule has 4 rings (SSSR count). The molecule has 0 aliphatic carbocycles. The van der Waals surface area contributed by atoms with Gasteiger partial charge in [0.1, 0.15) is 5.82 Å². The van der Waals surface area contributed by atoms with Crippen LogP contribution in [-0.2, 0) is 11.2 Å². The van der Waals surface area contributed by atoms with E-state index in [9.17, 15) is 9.18 Å². The van der Waals surface area contributed by atoms with Crippen LogP contribution in [0.3, 0.4) is 0 Å². The number of hydrogen-bond acceptors (Lipinski definition) is 4. The maximum atomic E-state index is 13.4. The Bertz CT molecular complexity index is 983. The summed E-state index contributed by atoms with van der Waals surface area (Å²) in [7, 11) is 0. The predicted molar refractivity (Wildman–Crippen MR) is 106 cm³/mol. The summed E-state index contributed by atoms with van der Waals surface area (Å²) in [6, 6.07) is 14.5. The van der Waals surface area contributed by atoms with E-state index in [1.165, 1.54) is 22.4 Å². The van der Waals surface area contributed by atoms with E-state index in [0.717, 1.165) is 18.4 Å². The van der Waals surface area contributed by atoms with Crippen LogP contribution in [0.2, 0.25) is 0 Å². The molecule has 1 aromatic heterocycles. The Morgan fingerprint density at radius 2 is 2.10 bits per heavy atom. The van der Waals surface area contributed by atoms with Gasteiger partial charge in [0.05, 0.1) is 24.5 Å². The minimum absolute atomic E-state index is 0.0314. The Kier molecular flexibility index (Phi) is 5.67. The number of nitrogens with zero attached hydrogens (tertiary/aromatic N) is 4. The highest BCUT2D eigenvalue weighted by Gasteiger charge is 2.29. The maximum absolute atomic E-state index is 13.4. The molecule has 0 bridgehead atoms. The lowest BCUT2D eigenvalue weighted by molar-refractivity contribution is 0.0650. The first-order valence-corrected chi connectivity index (χ1v) is 9.73. The zero-order chi connectivity index (χ0) is 20.2. The van der Waals surface area contributed by atoms with Gasteiger partial charge in [-0.15, -0.1) is 5.10 Å². The quantitative estimate of drug-likeness (QED) is 0.644. The van der Waals surface area contributed by atoms with Crippen LogP contribution >= 0.6 is 0 Å². The van der Waals surface area contributed by atoms with Crippen molar-refractivity contribution in [1.82, 2.24) is 19.9 Å². The lowest BCUT2D eigenvalue weighted by atomic mass is 10.1. The molecular formula is C22H23FN4O2. The van der Waals surface area contributed by atoms with E-state index in [1.807, 2.05) is 23.1 Å². The number of amides is 1. The summed E-state index contributed by atoms with van der Waals surface area (Å²) in [6.45, 7) is 3.57. The van der Waals surface area contributed by atoms with Gasteiger partial charge in [0.2, 0.25) is 0 Å². The first-order chi connectivity index (χ1) is 14.1. The standard InChI is InChI=1S/C22H23FN4O2/c1-16-13-18(23)7-8-21(16)27-14-20(24-25-27)22(28)26(19-10-12-29-15-19)11-9-17-5-3-2-4-6-17/h2-8,13-14,19H,9-12,15H2,1H3. The SMILES string of the molecule is Cc1cc(F)ccc1-n1cc(C(=O)N(CCc2ccccc2)C2CCOC2)nn1. The van der Waals surface area contributed by atoms with Crippen molar-refractivity contribution in [2.45, 2.75) is 25.8 Å². The van der Waals surface area contributed by atoms with Crippen LogP contribution in [0.15, 0.2) is 54.7 Å². The number of rotatable bonds is 6. The molecule has 0 saturated carbocycles. The van der Waals surface area contributed by atoms with E-state index < -0.39 is 0 Å². The molecule has 3 aromatic rings. The fourth-order valence-corrected chi connectivity index (χ4v) is 3.61. The zero-order valence-corrected chi connectivity index (χ0v) is 16.3. The van der Waals surface area contributed by atoms with Crippen LogP contribution in [-0.4, -0.2) is 51.6 Å². The molecule has 1 unspecified atom stereocenters. The Hall–Kier alpha value is -3.06. The van der Waals surface area contributed by atoms with E-state index in [-0.39, 0.29) is 23.5 Å². The number of carbonyl (C=O) groups excluding carboxylic acids is 1. The van der Waals surface area contributed by atoms with Crippen molar-refractivity contribution < 1.29 is 13.9 Å². The number of aryl methyl sites for hydroxylation is 1. The maximum Gasteiger partial charge on any atom is 0.276 e. The van der Waals surface area contributed by atoms with Gasteiger partial charge in [-0.05, 0) is 49.1 Å². The molecule has 7 heteroatoms. The topological polar surface area (TPSA) is 60.2 Å². The zero-order valence-electron chi connectivity index (χ0n) is 16.3. The molecule has 2 heterocycles. The molecule has 0 N–H and O–H groups in total. The van der Waals surface area contributed by atoms with Gasteiger partial charge in [0.15, 0.2) is 5.69 Å². The second-order valence-corrected chi connectivity index (χ2v) is 7.23. The number of carbonyl (C=O) groups is 1. The van der Waals surface area contributed by atoms with Gasteiger partial charge < -0.3 is 9.64 Å². The number of benzene rings is 2. The average molecular weight is 394 g/mol. The molecule has 1 aliphatic rings. The Labute approximate surface area is 168 Å². The van der Waals surface area contributed by atoms with Crippen molar-refractivity contribution in [3.8, 4) is 5.69 Å². The summed E-state index contributed by atoms with van der Waals surface area (Å²) >= 11 is 0. The van der Waals surface area contributed by atoms with E-state index in [4.69, 9.17) is 4.74 Å². The number of halogens is 1. The monoisotopic (exact) mass is 394 g/mol. The highest BCUT2D eigenvalue weighted by molar-refractivity contribution is 5.92. The van der Waals surface area contributed by atoms with Crippen LogP contribution in [0.4, 0.5) is 4.39 Å². The Morgan fingerprint density at radius 1 is 1.28 bits per heavy atom. The largest absolute Gasteiger partial charge is 0.379 e. The van der Waals surface area contributed by atoms with E-state index >= 15 is 0 Å². The Balaban J connectivity index is 1.55. The highest BCUT2D eigenvalue weighted by Crippen LogP contribution is 2.18. The smallest absolute Gasteiger partial charge is 0.276 e.